The van der Waals surface area contributed by atoms with Gasteiger partial charge in [0.15, 0.2) is 5.96 Å². The first-order valence-electron chi connectivity index (χ1n) is 8.46. The van der Waals surface area contributed by atoms with Gasteiger partial charge < -0.3 is 25.2 Å². The molecule has 1 unspecified atom stereocenters. The lowest BCUT2D eigenvalue weighted by Crippen LogP contribution is -2.39. The monoisotopic (exact) mass is 443 g/mol. The van der Waals surface area contributed by atoms with Crippen LogP contribution >= 0.6 is 24.0 Å². The lowest BCUT2D eigenvalue weighted by Gasteiger charge is -2.24. The molecular weight excluding hydrogens is 409 g/mol. The summed E-state index contributed by atoms with van der Waals surface area (Å²) in [6.07, 6.45) is 5.10. The van der Waals surface area contributed by atoms with E-state index in [1.165, 1.54) is 0 Å². The number of rotatable bonds is 11. The van der Waals surface area contributed by atoms with Gasteiger partial charge >= 0.3 is 0 Å². The summed E-state index contributed by atoms with van der Waals surface area (Å²) in [6.45, 7) is 7.04. The standard InChI is InChI=1S/C16H33N3O3.HI/c1-3-17-15(18-9-5-4-6-11-21-2)19-13-16(7-10-20)8-12-22-14-16;/h20H,3-14H2,1-2H3,(H2,17,18,19);1H. The molecule has 138 valence electrons. The van der Waals surface area contributed by atoms with Crippen LogP contribution in [0.15, 0.2) is 4.99 Å². The number of ether oxygens (including phenoxy) is 2. The van der Waals surface area contributed by atoms with Crippen LogP contribution < -0.4 is 10.6 Å². The van der Waals surface area contributed by atoms with Gasteiger partial charge in [-0.3, -0.25) is 4.99 Å². The van der Waals surface area contributed by atoms with Crippen LogP contribution in [-0.2, 0) is 9.47 Å². The van der Waals surface area contributed by atoms with Crippen LogP contribution in [0.1, 0.15) is 39.0 Å². The van der Waals surface area contributed by atoms with Crippen molar-refractivity contribution in [2.24, 2.45) is 10.4 Å². The van der Waals surface area contributed by atoms with Crippen molar-refractivity contribution in [3.05, 3.63) is 0 Å². The molecule has 0 aromatic rings. The molecule has 0 aromatic carbocycles. The maximum Gasteiger partial charge on any atom is 0.191 e. The number of halogens is 1. The lowest BCUT2D eigenvalue weighted by molar-refractivity contribution is 0.131. The van der Waals surface area contributed by atoms with E-state index in [9.17, 15) is 5.11 Å². The Hall–Kier alpha value is -0.120. The first kappa shape index (κ1) is 22.9. The minimum absolute atomic E-state index is 0. The third kappa shape index (κ3) is 9.69. The van der Waals surface area contributed by atoms with E-state index < -0.39 is 0 Å². The summed E-state index contributed by atoms with van der Waals surface area (Å²) in [4.78, 5) is 4.70. The van der Waals surface area contributed by atoms with Crippen LogP contribution in [0, 0.1) is 5.41 Å². The Balaban J connectivity index is 0.00000484. The molecule has 0 saturated carbocycles. The Morgan fingerprint density at radius 3 is 2.74 bits per heavy atom. The predicted octanol–water partition coefficient (Wildman–Crippen LogP) is 1.77. The van der Waals surface area contributed by atoms with Crippen molar-refractivity contribution in [3.63, 3.8) is 0 Å². The number of nitrogens with one attached hydrogen (secondary N) is 2. The van der Waals surface area contributed by atoms with E-state index in [0.717, 1.165) is 64.4 Å². The largest absolute Gasteiger partial charge is 0.396 e. The minimum Gasteiger partial charge on any atom is -0.396 e. The molecule has 1 heterocycles. The van der Waals surface area contributed by atoms with Gasteiger partial charge in [-0.05, 0) is 39.0 Å². The molecule has 0 radical (unpaired) electrons. The van der Waals surface area contributed by atoms with Gasteiger partial charge in [0.25, 0.3) is 0 Å². The quantitative estimate of drug-likeness (QED) is 0.197. The normalized spacial score (nSPS) is 21.1. The topological polar surface area (TPSA) is 75.1 Å². The number of methoxy groups -OCH3 is 1. The van der Waals surface area contributed by atoms with E-state index in [1.54, 1.807) is 7.11 Å². The second-order valence-electron chi connectivity index (χ2n) is 5.95. The van der Waals surface area contributed by atoms with E-state index in [4.69, 9.17) is 14.5 Å². The van der Waals surface area contributed by atoms with E-state index in [-0.39, 0.29) is 36.0 Å². The predicted molar refractivity (Wildman–Crippen MR) is 105 cm³/mol. The fourth-order valence-corrected chi connectivity index (χ4v) is 2.63. The Morgan fingerprint density at radius 2 is 2.13 bits per heavy atom. The van der Waals surface area contributed by atoms with E-state index in [0.29, 0.717) is 13.2 Å². The molecule has 6 nitrogen and oxygen atoms in total. The summed E-state index contributed by atoms with van der Waals surface area (Å²) in [5, 5.41) is 15.9. The van der Waals surface area contributed by atoms with Crippen LogP contribution in [0.4, 0.5) is 0 Å². The third-order valence-corrected chi connectivity index (χ3v) is 4.06. The molecule has 3 N–H and O–H groups in total. The van der Waals surface area contributed by atoms with Crippen LogP contribution in [0.3, 0.4) is 0 Å². The second-order valence-corrected chi connectivity index (χ2v) is 5.95. The van der Waals surface area contributed by atoms with Crippen LogP contribution in [0.5, 0.6) is 0 Å². The zero-order valence-electron chi connectivity index (χ0n) is 14.6. The van der Waals surface area contributed by atoms with E-state index in [2.05, 4.69) is 17.6 Å². The summed E-state index contributed by atoms with van der Waals surface area (Å²) >= 11 is 0. The molecule has 23 heavy (non-hydrogen) atoms. The first-order valence-corrected chi connectivity index (χ1v) is 8.46. The molecule has 1 aliphatic rings. The molecule has 7 heteroatoms. The van der Waals surface area contributed by atoms with Gasteiger partial charge in [0.1, 0.15) is 0 Å². The number of hydrogen-bond acceptors (Lipinski definition) is 4. The van der Waals surface area contributed by atoms with Crippen molar-refractivity contribution in [3.8, 4) is 0 Å². The minimum atomic E-state index is 0. The average Bonchev–Trinajstić information content (AvgIpc) is 2.97. The Kier molecular flexibility index (Phi) is 14.2. The molecule has 1 saturated heterocycles. The number of unbranched alkanes of at least 4 members (excludes halogenated alkanes) is 2. The maximum atomic E-state index is 9.26. The molecule has 1 fully saturated rings. The first-order chi connectivity index (χ1) is 10.8. The average molecular weight is 443 g/mol. The van der Waals surface area contributed by atoms with Gasteiger partial charge in [0, 0.05) is 45.4 Å². The number of nitrogens with zero attached hydrogens (tertiary/aromatic N) is 1. The second kappa shape index (κ2) is 14.2. The zero-order valence-corrected chi connectivity index (χ0v) is 16.9. The SMILES string of the molecule is CCNC(=NCC1(CCO)CCOC1)NCCCCCOC.I. The van der Waals surface area contributed by atoms with Gasteiger partial charge in [0.2, 0.25) is 0 Å². The Labute approximate surface area is 157 Å². The number of aliphatic hydroxyl groups is 1. The summed E-state index contributed by atoms with van der Waals surface area (Å²) in [7, 11) is 1.74. The van der Waals surface area contributed by atoms with Crippen molar-refractivity contribution in [1.29, 1.82) is 0 Å². The Bertz CT molecular complexity index is 311. The fourth-order valence-electron chi connectivity index (χ4n) is 2.63. The van der Waals surface area contributed by atoms with Gasteiger partial charge in [-0.2, -0.15) is 0 Å². The number of aliphatic hydroxyl groups excluding tert-OH is 1. The Morgan fingerprint density at radius 1 is 1.30 bits per heavy atom. The molecule has 1 rings (SSSR count). The maximum absolute atomic E-state index is 9.26. The van der Waals surface area contributed by atoms with Crippen molar-refractivity contribution < 1.29 is 14.6 Å². The van der Waals surface area contributed by atoms with Crippen LogP contribution in [0.2, 0.25) is 0 Å². The highest BCUT2D eigenvalue weighted by atomic mass is 127. The highest BCUT2D eigenvalue weighted by molar-refractivity contribution is 14.0. The van der Waals surface area contributed by atoms with Crippen molar-refractivity contribution in [1.82, 2.24) is 10.6 Å². The third-order valence-electron chi connectivity index (χ3n) is 4.06. The molecule has 0 aliphatic carbocycles. The summed E-state index contributed by atoms with van der Waals surface area (Å²) in [5.74, 6) is 0.860. The van der Waals surface area contributed by atoms with Gasteiger partial charge in [0.05, 0.1) is 13.2 Å². The van der Waals surface area contributed by atoms with Crippen LogP contribution in [0.25, 0.3) is 0 Å². The van der Waals surface area contributed by atoms with Crippen LogP contribution in [-0.4, -0.2) is 64.2 Å². The molecular formula is C16H34IN3O3. The summed E-state index contributed by atoms with van der Waals surface area (Å²) in [5.41, 5.74) is 0.00949. The summed E-state index contributed by atoms with van der Waals surface area (Å²) in [6, 6.07) is 0. The fraction of sp³-hybridized carbons (Fsp3) is 0.938. The number of hydrogen-bond donors (Lipinski definition) is 3. The molecule has 0 spiro atoms. The molecule has 0 aromatic heterocycles. The van der Waals surface area contributed by atoms with E-state index in [1.807, 2.05) is 0 Å². The van der Waals surface area contributed by atoms with Gasteiger partial charge in [-0.25, -0.2) is 0 Å². The van der Waals surface area contributed by atoms with E-state index >= 15 is 0 Å². The van der Waals surface area contributed by atoms with Crippen molar-refractivity contribution >= 4 is 29.9 Å². The molecule has 1 aliphatic heterocycles. The zero-order chi connectivity index (χ0) is 16.1. The molecule has 0 amide bonds. The highest BCUT2D eigenvalue weighted by Gasteiger charge is 2.34. The summed E-state index contributed by atoms with van der Waals surface area (Å²) < 4.78 is 10.6. The smallest absolute Gasteiger partial charge is 0.191 e. The number of aliphatic imine (C=N–C) groups is 1. The van der Waals surface area contributed by atoms with Gasteiger partial charge in [-0.1, -0.05) is 0 Å². The highest BCUT2D eigenvalue weighted by Crippen LogP contribution is 2.32. The number of guanidine groups is 1. The molecule has 1 atom stereocenters. The molecule has 0 bridgehead atoms. The van der Waals surface area contributed by atoms with Gasteiger partial charge in [-0.15, -0.1) is 24.0 Å². The van der Waals surface area contributed by atoms with Crippen molar-refractivity contribution in [2.75, 3.05) is 53.2 Å². The van der Waals surface area contributed by atoms with Crippen molar-refractivity contribution in [2.45, 2.75) is 39.0 Å². The lowest BCUT2D eigenvalue weighted by atomic mass is 9.84.